The molecule has 1 atom stereocenters. The molecule has 142 valence electrons. The number of ether oxygens (including phenoxy) is 1. The van der Waals surface area contributed by atoms with E-state index in [2.05, 4.69) is 10.3 Å². The minimum absolute atomic E-state index is 0.115. The van der Waals surface area contributed by atoms with Crippen molar-refractivity contribution in [3.8, 4) is 5.75 Å². The van der Waals surface area contributed by atoms with Gasteiger partial charge in [0.15, 0.2) is 6.04 Å². The van der Waals surface area contributed by atoms with Crippen LogP contribution >= 0.6 is 0 Å². The van der Waals surface area contributed by atoms with Crippen molar-refractivity contribution < 1.29 is 19.4 Å². The van der Waals surface area contributed by atoms with Crippen LogP contribution in [-0.4, -0.2) is 33.6 Å². The fraction of sp³-hybridized carbons (Fsp3) is 0.100. The summed E-state index contributed by atoms with van der Waals surface area (Å²) >= 11 is 0. The lowest BCUT2D eigenvalue weighted by molar-refractivity contribution is -0.139. The number of carbonyl (C=O) groups excluding carboxylic acids is 1. The van der Waals surface area contributed by atoms with E-state index in [0.717, 1.165) is 10.9 Å². The van der Waals surface area contributed by atoms with Crippen LogP contribution in [0.3, 0.4) is 0 Å². The van der Waals surface area contributed by atoms with E-state index in [1.165, 1.54) is 13.3 Å². The van der Waals surface area contributed by atoms with Gasteiger partial charge >= 0.3 is 5.97 Å². The Balaban J connectivity index is 1.96. The van der Waals surface area contributed by atoms with Crippen LogP contribution in [0.5, 0.6) is 5.75 Å². The van der Waals surface area contributed by atoms with E-state index in [4.69, 9.17) is 4.74 Å². The number of anilines is 1. The Hall–Kier alpha value is -3.94. The number of hydrogen-bond donors (Lipinski definition) is 2. The predicted octanol–water partition coefficient (Wildman–Crippen LogP) is 2.18. The summed E-state index contributed by atoms with van der Waals surface area (Å²) in [6.07, 6.45) is 2.32. The Morgan fingerprint density at radius 1 is 1.11 bits per heavy atom. The van der Waals surface area contributed by atoms with Crippen molar-refractivity contribution in [1.82, 2.24) is 9.55 Å². The maximum Gasteiger partial charge on any atom is 0.331 e. The van der Waals surface area contributed by atoms with Gasteiger partial charge in [0.25, 0.3) is 11.5 Å². The van der Waals surface area contributed by atoms with Gasteiger partial charge in [0.1, 0.15) is 11.4 Å². The van der Waals surface area contributed by atoms with Crippen LogP contribution in [0.4, 0.5) is 5.69 Å². The van der Waals surface area contributed by atoms with Crippen LogP contribution in [0.25, 0.3) is 0 Å². The number of rotatable bonds is 6. The largest absolute Gasteiger partial charge is 0.497 e. The molecule has 0 fully saturated rings. The monoisotopic (exact) mass is 379 g/mol. The number of nitrogens with zero attached hydrogens (tertiary/aromatic N) is 2. The van der Waals surface area contributed by atoms with Crippen LogP contribution in [-0.2, 0) is 4.79 Å². The van der Waals surface area contributed by atoms with Crippen LogP contribution in [0.2, 0.25) is 0 Å². The molecule has 1 aromatic heterocycles. The highest BCUT2D eigenvalue weighted by molar-refractivity contribution is 6.04. The molecule has 1 heterocycles. The minimum atomic E-state index is -1.31. The number of aliphatic carboxylic acids is 1. The van der Waals surface area contributed by atoms with E-state index in [1.807, 2.05) is 0 Å². The third-order valence-corrected chi connectivity index (χ3v) is 4.09. The summed E-state index contributed by atoms with van der Waals surface area (Å²) in [5.41, 5.74) is -0.0652. The van der Waals surface area contributed by atoms with E-state index in [9.17, 15) is 19.5 Å². The quantitative estimate of drug-likeness (QED) is 0.679. The smallest absolute Gasteiger partial charge is 0.331 e. The highest BCUT2D eigenvalue weighted by Gasteiger charge is 2.24. The number of benzene rings is 2. The van der Waals surface area contributed by atoms with Gasteiger partial charge in [0.05, 0.1) is 19.6 Å². The summed E-state index contributed by atoms with van der Waals surface area (Å²) in [6, 6.07) is 13.4. The Morgan fingerprint density at radius 3 is 2.39 bits per heavy atom. The molecule has 0 radical (unpaired) electrons. The van der Waals surface area contributed by atoms with Gasteiger partial charge in [-0.1, -0.05) is 30.3 Å². The van der Waals surface area contributed by atoms with Gasteiger partial charge in [0, 0.05) is 5.56 Å². The van der Waals surface area contributed by atoms with Crippen LogP contribution in [0, 0.1) is 0 Å². The first-order chi connectivity index (χ1) is 13.5. The van der Waals surface area contributed by atoms with Gasteiger partial charge in [-0.2, -0.15) is 0 Å². The van der Waals surface area contributed by atoms with Crippen LogP contribution < -0.4 is 15.6 Å². The van der Waals surface area contributed by atoms with Gasteiger partial charge in [-0.3, -0.25) is 14.2 Å². The average molecular weight is 379 g/mol. The van der Waals surface area contributed by atoms with E-state index < -0.39 is 23.5 Å². The third-order valence-electron chi connectivity index (χ3n) is 4.09. The number of methoxy groups -OCH3 is 1. The normalized spacial score (nSPS) is 11.5. The molecule has 3 rings (SSSR count). The number of aromatic nitrogens is 2. The maximum absolute atomic E-state index is 12.8. The fourth-order valence-electron chi connectivity index (χ4n) is 2.69. The average Bonchev–Trinajstić information content (AvgIpc) is 2.72. The molecule has 2 aromatic carbocycles. The Bertz CT molecular complexity index is 1050. The second-order valence-electron chi connectivity index (χ2n) is 5.85. The van der Waals surface area contributed by atoms with Crippen LogP contribution in [0.1, 0.15) is 22.0 Å². The number of carboxylic acid groups (broad SMARTS) is 1. The molecule has 0 saturated heterocycles. The van der Waals surface area contributed by atoms with Crippen molar-refractivity contribution >= 4 is 17.6 Å². The summed E-state index contributed by atoms with van der Waals surface area (Å²) in [5.74, 6) is -1.17. The van der Waals surface area contributed by atoms with Crippen molar-refractivity contribution in [2.45, 2.75) is 6.04 Å². The molecule has 0 aliphatic rings. The lowest BCUT2D eigenvalue weighted by atomic mass is 10.1. The summed E-state index contributed by atoms with van der Waals surface area (Å²) in [7, 11) is 1.50. The standard InChI is InChI=1S/C20H17N3O5/c1-28-15-9-7-13(8-10-15)17(20(26)27)23-12-21-11-16(19(23)25)22-18(24)14-5-3-2-4-6-14/h2-12,17H,1H3,(H,22,24)(H,26,27). The summed E-state index contributed by atoms with van der Waals surface area (Å²) in [4.78, 5) is 40.9. The Kier molecular flexibility index (Phi) is 5.50. The van der Waals surface area contributed by atoms with Gasteiger partial charge in [0.2, 0.25) is 0 Å². The molecular formula is C20H17N3O5. The highest BCUT2D eigenvalue weighted by Crippen LogP contribution is 2.21. The Labute approximate surface area is 160 Å². The van der Waals surface area contributed by atoms with Crippen molar-refractivity contribution in [1.29, 1.82) is 0 Å². The number of nitrogens with one attached hydrogen (secondary N) is 1. The molecule has 0 spiro atoms. The zero-order valence-corrected chi connectivity index (χ0v) is 14.9. The van der Waals surface area contributed by atoms with E-state index in [0.29, 0.717) is 16.9 Å². The second kappa shape index (κ2) is 8.17. The molecule has 0 aliphatic carbocycles. The molecule has 0 saturated carbocycles. The fourth-order valence-corrected chi connectivity index (χ4v) is 2.69. The third kappa shape index (κ3) is 3.90. The lowest BCUT2D eigenvalue weighted by Gasteiger charge is -2.17. The van der Waals surface area contributed by atoms with Gasteiger partial charge < -0.3 is 15.2 Å². The number of carbonyl (C=O) groups is 2. The molecule has 8 nitrogen and oxygen atoms in total. The van der Waals surface area contributed by atoms with Gasteiger partial charge in [-0.25, -0.2) is 9.78 Å². The molecule has 1 unspecified atom stereocenters. The number of amides is 1. The van der Waals surface area contributed by atoms with E-state index in [-0.39, 0.29) is 5.69 Å². The first-order valence-corrected chi connectivity index (χ1v) is 8.30. The van der Waals surface area contributed by atoms with Gasteiger partial charge in [-0.15, -0.1) is 0 Å². The molecule has 1 amide bonds. The lowest BCUT2D eigenvalue weighted by Crippen LogP contribution is -2.33. The minimum Gasteiger partial charge on any atom is -0.497 e. The van der Waals surface area contributed by atoms with Crippen molar-refractivity contribution in [2.24, 2.45) is 0 Å². The highest BCUT2D eigenvalue weighted by atomic mass is 16.5. The molecule has 8 heteroatoms. The number of carboxylic acids is 1. The molecule has 0 bridgehead atoms. The molecule has 28 heavy (non-hydrogen) atoms. The molecular weight excluding hydrogens is 362 g/mol. The Morgan fingerprint density at radius 2 is 1.79 bits per heavy atom. The van der Waals surface area contributed by atoms with Crippen molar-refractivity contribution in [2.75, 3.05) is 12.4 Å². The first kappa shape index (κ1) is 18.8. The summed E-state index contributed by atoms with van der Waals surface area (Å²) < 4.78 is 6.03. The predicted molar refractivity (Wildman–Crippen MR) is 102 cm³/mol. The van der Waals surface area contributed by atoms with Crippen LogP contribution in [0.15, 0.2) is 71.9 Å². The van der Waals surface area contributed by atoms with Crippen molar-refractivity contribution in [3.63, 3.8) is 0 Å². The maximum atomic E-state index is 12.8. The topological polar surface area (TPSA) is 111 Å². The SMILES string of the molecule is COc1ccc(C(C(=O)O)n2cncc(NC(=O)c3ccccc3)c2=O)cc1. The first-order valence-electron chi connectivity index (χ1n) is 8.30. The summed E-state index contributed by atoms with van der Waals surface area (Å²) in [6.45, 7) is 0. The molecule has 0 aliphatic heterocycles. The van der Waals surface area contributed by atoms with E-state index >= 15 is 0 Å². The zero-order valence-electron chi connectivity index (χ0n) is 14.9. The van der Waals surface area contributed by atoms with Crippen molar-refractivity contribution in [3.05, 3.63) is 88.6 Å². The summed E-state index contributed by atoms with van der Waals surface area (Å²) in [5, 5.41) is 12.2. The van der Waals surface area contributed by atoms with E-state index in [1.54, 1.807) is 54.6 Å². The molecule has 3 aromatic rings. The second-order valence-corrected chi connectivity index (χ2v) is 5.85. The van der Waals surface area contributed by atoms with Gasteiger partial charge in [-0.05, 0) is 29.8 Å². The number of hydrogen-bond acceptors (Lipinski definition) is 5. The zero-order chi connectivity index (χ0) is 20.1. The molecule has 2 N–H and O–H groups in total.